The van der Waals surface area contributed by atoms with Crippen LogP contribution in [-0.2, 0) is 11.2 Å². The smallest absolute Gasteiger partial charge is 0.227 e. The van der Waals surface area contributed by atoms with E-state index in [1.165, 1.54) is 5.56 Å². The summed E-state index contributed by atoms with van der Waals surface area (Å²) < 4.78 is 0. The van der Waals surface area contributed by atoms with Gasteiger partial charge in [-0.15, -0.1) is 0 Å². The number of carbonyl (C=O) groups excluding carboxylic acids is 1. The van der Waals surface area contributed by atoms with Gasteiger partial charge in [0, 0.05) is 44.0 Å². The van der Waals surface area contributed by atoms with Gasteiger partial charge < -0.3 is 4.90 Å². The fourth-order valence-electron chi connectivity index (χ4n) is 3.18. The average Bonchev–Trinajstić information content (AvgIpc) is 2.95. The first-order valence-electron chi connectivity index (χ1n) is 8.85. The third-order valence-electron chi connectivity index (χ3n) is 4.81. The Morgan fingerprint density at radius 1 is 1.16 bits per heavy atom. The second kappa shape index (κ2) is 8.12. The van der Waals surface area contributed by atoms with E-state index in [1.54, 1.807) is 0 Å². The summed E-state index contributed by atoms with van der Waals surface area (Å²) in [5, 5.41) is 7.13. The van der Waals surface area contributed by atoms with Crippen LogP contribution < -0.4 is 0 Å². The monoisotopic (exact) mass is 338 g/mol. The highest BCUT2D eigenvalue weighted by molar-refractivity contribution is 5.79. The Balaban J connectivity index is 1.45. The first-order valence-corrected chi connectivity index (χ1v) is 8.85. The molecule has 132 valence electrons. The Labute approximate surface area is 149 Å². The molecule has 3 rings (SSSR count). The van der Waals surface area contributed by atoms with Crippen molar-refractivity contribution in [1.82, 2.24) is 20.0 Å². The lowest BCUT2D eigenvalue weighted by Crippen LogP contribution is -2.49. The minimum absolute atomic E-state index is 0.201. The lowest BCUT2D eigenvalue weighted by atomic mass is 10.1. The molecule has 2 heterocycles. The molecule has 0 saturated carbocycles. The maximum Gasteiger partial charge on any atom is 0.227 e. The molecule has 1 aliphatic heterocycles. The third kappa shape index (κ3) is 4.57. The number of benzene rings is 1. The molecular formula is C20H26N4O. The number of hydrogen-bond acceptors (Lipinski definition) is 3. The number of nitrogens with zero attached hydrogens (tertiary/aromatic N) is 3. The van der Waals surface area contributed by atoms with Gasteiger partial charge in [0.05, 0.1) is 12.1 Å². The molecule has 1 aromatic carbocycles. The number of aryl methyl sites for hydroxylation is 2. The summed E-state index contributed by atoms with van der Waals surface area (Å²) in [6.45, 7) is 8.30. The number of carbonyl (C=O) groups is 1. The van der Waals surface area contributed by atoms with Gasteiger partial charge in [-0.25, -0.2) is 0 Å². The minimum atomic E-state index is 0.201. The third-order valence-corrected chi connectivity index (χ3v) is 4.81. The Kier molecular flexibility index (Phi) is 5.66. The van der Waals surface area contributed by atoms with Crippen LogP contribution in [0, 0.1) is 13.8 Å². The molecule has 1 amide bonds. The van der Waals surface area contributed by atoms with Crippen molar-refractivity contribution >= 4 is 12.0 Å². The number of nitrogens with one attached hydrogen (secondary N) is 1. The molecule has 1 N–H and O–H groups in total. The molecule has 0 unspecified atom stereocenters. The van der Waals surface area contributed by atoms with Crippen LogP contribution in [0.3, 0.4) is 0 Å². The number of amides is 1. The van der Waals surface area contributed by atoms with Crippen LogP contribution in [0.2, 0.25) is 0 Å². The number of H-pyrrole nitrogens is 1. The van der Waals surface area contributed by atoms with Crippen molar-refractivity contribution in [3.63, 3.8) is 0 Å². The van der Waals surface area contributed by atoms with Crippen LogP contribution in [0.4, 0.5) is 0 Å². The van der Waals surface area contributed by atoms with Gasteiger partial charge in [0.15, 0.2) is 0 Å². The van der Waals surface area contributed by atoms with Crippen molar-refractivity contribution in [2.75, 3.05) is 32.7 Å². The van der Waals surface area contributed by atoms with Crippen LogP contribution in [0.1, 0.15) is 22.5 Å². The fourth-order valence-corrected chi connectivity index (χ4v) is 3.18. The molecule has 0 radical (unpaired) electrons. The zero-order chi connectivity index (χ0) is 17.6. The number of piperazine rings is 1. The molecule has 1 aliphatic rings. The molecule has 5 heteroatoms. The molecule has 1 fully saturated rings. The second-order valence-electron chi connectivity index (χ2n) is 6.58. The zero-order valence-electron chi connectivity index (χ0n) is 15.0. The van der Waals surface area contributed by atoms with Gasteiger partial charge in [-0.2, -0.15) is 5.10 Å². The van der Waals surface area contributed by atoms with E-state index in [1.807, 2.05) is 36.9 Å². The topological polar surface area (TPSA) is 52.2 Å². The normalized spacial score (nSPS) is 15.8. The van der Waals surface area contributed by atoms with E-state index in [0.717, 1.165) is 49.7 Å². The van der Waals surface area contributed by atoms with Crippen molar-refractivity contribution in [2.45, 2.75) is 20.3 Å². The molecule has 5 nitrogen and oxygen atoms in total. The molecule has 0 aliphatic carbocycles. The summed E-state index contributed by atoms with van der Waals surface area (Å²) in [6.07, 6.45) is 4.80. The van der Waals surface area contributed by atoms with Gasteiger partial charge in [-0.1, -0.05) is 42.5 Å². The van der Waals surface area contributed by atoms with Crippen LogP contribution in [0.5, 0.6) is 0 Å². The Hall–Kier alpha value is -2.40. The van der Waals surface area contributed by atoms with Gasteiger partial charge in [-0.3, -0.25) is 14.8 Å². The minimum Gasteiger partial charge on any atom is -0.340 e. The van der Waals surface area contributed by atoms with Crippen molar-refractivity contribution in [2.24, 2.45) is 0 Å². The van der Waals surface area contributed by atoms with E-state index < -0.39 is 0 Å². The highest BCUT2D eigenvalue weighted by Crippen LogP contribution is 2.13. The van der Waals surface area contributed by atoms with Crippen LogP contribution in [0.25, 0.3) is 6.08 Å². The molecule has 2 aromatic rings. The second-order valence-corrected chi connectivity index (χ2v) is 6.58. The Morgan fingerprint density at radius 2 is 1.88 bits per heavy atom. The van der Waals surface area contributed by atoms with Crippen LogP contribution in [0.15, 0.2) is 36.4 Å². The van der Waals surface area contributed by atoms with Crippen LogP contribution in [-0.4, -0.2) is 58.6 Å². The van der Waals surface area contributed by atoms with E-state index in [9.17, 15) is 4.79 Å². The summed E-state index contributed by atoms with van der Waals surface area (Å²) in [5.74, 6) is 0.201. The van der Waals surface area contributed by atoms with Gasteiger partial charge in [0.1, 0.15) is 0 Å². The summed E-state index contributed by atoms with van der Waals surface area (Å²) in [7, 11) is 0. The maximum absolute atomic E-state index is 12.5. The van der Waals surface area contributed by atoms with Gasteiger partial charge in [0.2, 0.25) is 5.91 Å². The van der Waals surface area contributed by atoms with Crippen molar-refractivity contribution < 1.29 is 4.79 Å². The molecule has 1 aromatic heterocycles. The van der Waals surface area contributed by atoms with E-state index >= 15 is 0 Å². The van der Waals surface area contributed by atoms with Crippen molar-refractivity contribution in [3.8, 4) is 0 Å². The fraction of sp³-hybridized carbons (Fsp3) is 0.400. The van der Waals surface area contributed by atoms with E-state index in [0.29, 0.717) is 6.42 Å². The highest BCUT2D eigenvalue weighted by atomic mass is 16.2. The number of hydrogen-bond donors (Lipinski definition) is 1. The molecule has 0 atom stereocenters. The SMILES string of the molecule is Cc1n[nH]c(C)c1CC(=O)N1CCN(C/C=C/c2ccccc2)CC1. The van der Waals surface area contributed by atoms with Crippen LogP contribution >= 0.6 is 0 Å². The lowest BCUT2D eigenvalue weighted by Gasteiger charge is -2.34. The lowest BCUT2D eigenvalue weighted by molar-refractivity contribution is -0.132. The van der Waals surface area contributed by atoms with Gasteiger partial charge in [0.25, 0.3) is 0 Å². The number of aromatic amines is 1. The van der Waals surface area contributed by atoms with Gasteiger partial charge >= 0.3 is 0 Å². The Morgan fingerprint density at radius 3 is 2.52 bits per heavy atom. The summed E-state index contributed by atoms with van der Waals surface area (Å²) in [5.41, 5.74) is 4.19. The first-order chi connectivity index (χ1) is 12.1. The Bertz CT molecular complexity index is 708. The molecular weight excluding hydrogens is 312 g/mol. The first kappa shape index (κ1) is 17.4. The zero-order valence-corrected chi connectivity index (χ0v) is 15.0. The summed E-state index contributed by atoms with van der Waals surface area (Å²) in [4.78, 5) is 16.9. The molecule has 1 saturated heterocycles. The predicted molar refractivity (Wildman–Crippen MR) is 100 cm³/mol. The quantitative estimate of drug-likeness (QED) is 0.911. The van der Waals surface area contributed by atoms with Crippen molar-refractivity contribution in [1.29, 1.82) is 0 Å². The highest BCUT2D eigenvalue weighted by Gasteiger charge is 2.22. The van der Waals surface area contributed by atoms with Gasteiger partial charge in [-0.05, 0) is 19.4 Å². The molecule has 25 heavy (non-hydrogen) atoms. The standard InChI is InChI=1S/C20H26N4O/c1-16-19(17(2)22-21-16)15-20(25)24-13-11-23(12-14-24)10-6-9-18-7-4-3-5-8-18/h3-9H,10-15H2,1-2H3,(H,21,22)/b9-6+. The molecule has 0 spiro atoms. The van der Waals surface area contributed by atoms with E-state index in [-0.39, 0.29) is 5.91 Å². The van der Waals surface area contributed by atoms with E-state index in [4.69, 9.17) is 0 Å². The predicted octanol–water partition coefficient (Wildman–Crippen LogP) is 2.43. The largest absolute Gasteiger partial charge is 0.340 e. The number of rotatable bonds is 5. The summed E-state index contributed by atoms with van der Waals surface area (Å²) >= 11 is 0. The van der Waals surface area contributed by atoms with E-state index in [2.05, 4.69) is 39.4 Å². The average molecular weight is 338 g/mol. The van der Waals surface area contributed by atoms with Crippen molar-refractivity contribution in [3.05, 3.63) is 58.9 Å². The molecule has 0 bridgehead atoms. The summed E-state index contributed by atoms with van der Waals surface area (Å²) in [6, 6.07) is 10.3. The number of aromatic nitrogens is 2. The maximum atomic E-state index is 12.5.